The standard InChI is InChI=1S/C17H20N2O/c1-2-3-11-20-16-9-7-13(8-10-16)14-5-4-6-15(12-14)17(18)19/h4-10,12H,2-3,11H2,1H3,(H3,18,19). The van der Waals surface area contributed by atoms with E-state index in [0.29, 0.717) is 0 Å². The first kappa shape index (κ1) is 14.1. The van der Waals surface area contributed by atoms with E-state index in [4.69, 9.17) is 15.9 Å². The van der Waals surface area contributed by atoms with E-state index in [-0.39, 0.29) is 5.84 Å². The fraction of sp³-hybridized carbons (Fsp3) is 0.235. The molecule has 104 valence electrons. The minimum Gasteiger partial charge on any atom is -0.494 e. The van der Waals surface area contributed by atoms with Gasteiger partial charge in [-0.25, -0.2) is 0 Å². The molecule has 0 fully saturated rings. The maximum absolute atomic E-state index is 7.48. The average molecular weight is 268 g/mol. The van der Waals surface area contributed by atoms with E-state index in [2.05, 4.69) is 6.92 Å². The number of ether oxygens (including phenoxy) is 1. The van der Waals surface area contributed by atoms with Gasteiger partial charge in [-0.3, -0.25) is 5.41 Å². The normalized spacial score (nSPS) is 10.2. The van der Waals surface area contributed by atoms with Gasteiger partial charge in [0.1, 0.15) is 11.6 Å². The van der Waals surface area contributed by atoms with Crippen molar-refractivity contribution in [3.05, 3.63) is 54.1 Å². The maximum Gasteiger partial charge on any atom is 0.122 e. The maximum atomic E-state index is 7.48. The van der Waals surface area contributed by atoms with Crippen molar-refractivity contribution < 1.29 is 4.74 Å². The van der Waals surface area contributed by atoms with Crippen LogP contribution in [0, 0.1) is 5.41 Å². The molecule has 3 heteroatoms. The van der Waals surface area contributed by atoms with Gasteiger partial charge < -0.3 is 10.5 Å². The summed E-state index contributed by atoms with van der Waals surface area (Å²) in [5, 5.41) is 7.48. The first-order chi connectivity index (χ1) is 9.70. The molecule has 0 aliphatic carbocycles. The van der Waals surface area contributed by atoms with Crippen molar-refractivity contribution in [3.63, 3.8) is 0 Å². The monoisotopic (exact) mass is 268 g/mol. The van der Waals surface area contributed by atoms with Crippen LogP contribution in [0.25, 0.3) is 11.1 Å². The van der Waals surface area contributed by atoms with Crippen LogP contribution in [0.3, 0.4) is 0 Å². The van der Waals surface area contributed by atoms with E-state index in [1.54, 1.807) is 0 Å². The Morgan fingerprint density at radius 3 is 2.50 bits per heavy atom. The minimum absolute atomic E-state index is 0.0892. The molecule has 0 radical (unpaired) electrons. The lowest BCUT2D eigenvalue weighted by molar-refractivity contribution is 0.309. The molecular formula is C17H20N2O. The van der Waals surface area contributed by atoms with E-state index in [1.165, 1.54) is 0 Å². The topological polar surface area (TPSA) is 59.1 Å². The Labute approximate surface area is 119 Å². The smallest absolute Gasteiger partial charge is 0.122 e. The third kappa shape index (κ3) is 3.60. The molecule has 0 amide bonds. The molecule has 3 nitrogen and oxygen atoms in total. The highest BCUT2D eigenvalue weighted by molar-refractivity contribution is 5.96. The molecule has 0 heterocycles. The fourth-order valence-corrected chi connectivity index (χ4v) is 1.94. The lowest BCUT2D eigenvalue weighted by Gasteiger charge is -2.08. The minimum atomic E-state index is 0.0892. The molecule has 0 saturated heterocycles. The fourth-order valence-electron chi connectivity index (χ4n) is 1.94. The number of hydrogen-bond donors (Lipinski definition) is 2. The predicted octanol–water partition coefficient (Wildman–Crippen LogP) is 3.82. The van der Waals surface area contributed by atoms with Crippen molar-refractivity contribution in [2.24, 2.45) is 5.73 Å². The zero-order valence-electron chi connectivity index (χ0n) is 11.7. The Morgan fingerprint density at radius 2 is 1.85 bits per heavy atom. The summed E-state index contributed by atoms with van der Waals surface area (Å²) in [7, 11) is 0. The van der Waals surface area contributed by atoms with Crippen LogP contribution in [0.4, 0.5) is 0 Å². The van der Waals surface area contributed by atoms with E-state index in [1.807, 2.05) is 48.5 Å². The molecule has 20 heavy (non-hydrogen) atoms. The van der Waals surface area contributed by atoms with E-state index >= 15 is 0 Å². The third-order valence-electron chi connectivity index (χ3n) is 3.13. The summed E-state index contributed by atoms with van der Waals surface area (Å²) in [6.45, 7) is 2.91. The van der Waals surface area contributed by atoms with Crippen molar-refractivity contribution in [2.75, 3.05) is 6.61 Å². The van der Waals surface area contributed by atoms with Crippen LogP contribution in [0.5, 0.6) is 5.75 Å². The van der Waals surface area contributed by atoms with Gasteiger partial charge in [0.15, 0.2) is 0 Å². The lowest BCUT2D eigenvalue weighted by atomic mass is 10.0. The van der Waals surface area contributed by atoms with E-state index < -0.39 is 0 Å². The van der Waals surface area contributed by atoms with Gasteiger partial charge in [0.2, 0.25) is 0 Å². The molecule has 0 atom stereocenters. The van der Waals surface area contributed by atoms with Crippen molar-refractivity contribution >= 4 is 5.84 Å². The number of nitrogens with one attached hydrogen (secondary N) is 1. The summed E-state index contributed by atoms with van der Waals surface area (Å²) < 4.78 is 5.65. The van der Waals surface area contributed by atoms with E-state index in [0.717, 1.165) is 41.9 Å². The Morgan fingerprint density at radius 1 is 1.10 bits per heavy atom. The van der Waals surface area contributed by atoms with Crippen LogP contribution in [0.2, 0.25) is 0 Å². The number of hydrogen-bond acceptors (Lipinski definition) is 2. The molecule has 3 N–H and O–H groups in total. The molecule has 0 aliphatic rings. The summed E-state index contributed by atoms with van der Waals surface area (Å²) in [6.07, 6.45) is 2.21. The molecule has 0 aromatic heterocycles. The molecule has 0 bridgehead atoms. The van der Waals surface area contributed by atoms with Crippen LogP contribution in [0.1, 0.15) is 25.3 Å². The van der Waals surface area contributed by atoms with Gasteiger partial charge in [0, 0.05) is 5.56 Å². The largest absolute Gasteiger partial charge is 0.494 e. The van der Waals surface area contributed by atoms with Crippen LogP contribution < -0.4 is 10.5 Å². The molecule has 2 aromatic carbocycles. The van der Waals surface area contributed by atoms with Crippen molar-refractivity contribution in [2.45, 2.75) is 19.8 Å². The average Bonchev–Trinajstić information content (AvgIpc) is 2.48. The van der Waals surface area contributed by atoms with Crippen molar-refractivity contribution in [3.8, 4) is 16.9 Å². The van der Waals surface area contributed by atoms with Crippen LogP contribution >= 0.6 is 0 Å². The highest BCUT2D eigenvalue weighted by atomic mass is 16.5. The quantitative estimate of drug-likeness (QED) is 0.475. The number of benzene rings is 2. The number of amidine groups is 1. The van der Waals surface area contributed by atoms with Crippen molar-refractivity contribution in [1.82, 2.24) is 0 Å². The van der Waals surface area contributed by atoms with Gasteiger partial charge in [-0.2, -0.15) is 0 Å². The van der Waals surface area contributed by atoms with E-state index in [9.17, 15) is 0 Å². The van der Waals surface area contributed by atoms with Gasteiger partial charge in [-0.05, 0) is 35.7 Å². The zero-order valence-corrected chi connectivity index (χ0v) is 11.7. The second-order valence-electron chi connectivity index (χ2n) is 4.72. The van der Waals surface area contributed by atoms with Gasteiger partial charge in [0.05, 0.1) is 6.61 Å². The molecular weight excluding hydrogens is 248 g/mol. The molecule has 0 unspecified atom stereocenters. The second kappa shape index (κ2) is 6.75. The summed E-state index contributed by atoms with van der Waals surface area (Å²) in [4.78, 5) is 0. The molecule has 0 aliphatic heterocycles. The number of unbranched alkanes of at least 4 members (excludes halogenated alkanes) is 1. The first-order valence-electron chi connectivity index (χ1n) is 6.88. The predicted molar refractivity (Wildman–Crippen MR) is 83.3 cm³/mol. The Kier molecular flexibility index (Phi) is 4.77. The highest BCUT2D eigenvalue weighted by Crippen LogP contribution is 2.23. The SMILES string of the molecule is CCCCOc1ccc(-c2cccc(C(=N)N)c2)cc1. The lowest BCUT2D eigenvalue weighted by Crippen LogP contribution is -2.10. The Balaban J connectivity index is 2.13. The summed E-state index contributed by atoms with van der Waals surface area (Å²) in [5.41, 5.74) is 8.40. The Bertz CT molecular complexity index is 576. The van der Waals surface area contributed by atoms with Crippen LogP contribution in [0.15, 0.2) is 48.5 Å². The summed E-state index contributed by atoms with van der Waals surface area (Å²) >= 11 is 0. The van der Waals surface area contributed by atoms with Crippen molar-refractivity contribution in [1.29, 1.82) is 5.41 Å². The number of nitrogens with two attached hydrogens (primary N) is 1. The molecule has 2 aromatic rings. The van der Waals surface area contributed by atoms with Crippen LogP contribution in [-0.2, 0) is 0 Å². The van der Waals surface area contributed by atoms with Gasteiger partial charge >= 0.3 is 0 Å². The highest BCUT2D eigenvalue weighted by Gasteiger charge is 2.02. The molecule has 0 saturated carbocycles. The van der Waals surface area contributed by atoms with Gasteiger partial charge in [-0.1, -0.05) is 43.7 Å². The summed E-state index contributed by atoms with van der Waals surface area (Å²) in [6, 6.07) is 15.7. The van der Waals surface area contributed by atoms with Crippen LogP contribution in [-0.4, -0.2) is 12.4 Å². The molecule has 0 spiro atoms. The number of nitrogen functional groups attached to an aromatic ring is 1. The zero-order chi connectivity index (χ0) is 14.4. The summed E-state index contributed by atoms with van der Waals surface area (Å²) in [5.74, 6) is 0.983. The Hall–Kier alpha value is -2.29. The third-order valence-corrected chi connectivity index (χ3v) is 3.13. The van der Waals surface area contributed by atoms with Gasteiger partial charge in [0.25, 0.3) is 0 Å². The number of rotatable bonds is 6. The molecule has 2 rings (SSSR count). The first-order valence-corrected chi connectivity index (χ1v) is 6.88. The second-order valence-corrected chi connectivity index (χ2v) is 4.72. The van der Waals surface area contributed by atoms with Gasteiger partial charge in [-0.15, -0.1) is 0 Å².